The van der Waals surface area contributed by atoms with Gasteiger partial charge in [-0.25, -0.2) is 4.98 Å². The molecule has 0 saturated carbocycles. The molecule has 0 radical (unpaired) electrons. The van der Waals surface area contributed by atoms with Crippen LogP contribution in [-0.2, 0) is 13.0 Å². The number of anilines is 1. The molecule has 1 aromatic carbocycles. The van der Waals surface area contributed by atoms with Crippen molar-refractivity contribution in [2.24, 2.45) is 0 Å². The van der Waals surface area contributed by atoms with Gasteiger partial charge in [0.05, 0.1) is 6.54 Å². The third-order valence-corrected chi connectivity index (χ3v) is 2.86. The van der Waals surface area contributed by atoms with Gasteiger partial charge >= 0.3 is 0 Å². The van der Waals surface area contributed by atoms with E-state index in [1.165, 1.54) is 0 Å². The number of benzene rings is 1. The molecule has 0 spiro atoms. The summed E-state index contributed by atoms with van der Waals surface area (Å²) in [6.45, 7) is 2.59. The molecule has 0 aliphatic heterocycles. The molecule has 3 nitrogen and oxygen atoms in total. The number of terminal acetylenes is 1. The Morgan fingerprint density at radius 3 is 2.67 bits per heavy atom. The summed E-state index contributed by atoms with van der Waals surface area (Å²) in [6.07, 6.45) is 7.30. The maximum atomic E-state index is 6.16. The summed E-state index contributed by atoms with van der Waals surface area (Å²) in [5.41, 5.74) is 8.02. The Bertz CT molecular complexity index is 561. The van der Waals surface area contributed by atoms with Gasteiger partial charge in [0.2, 0.25) is 0 Å². The number of nitrogens with two attached hydrogens (primary N) is 1. The first-order valence-corrected chi connectivity index (χ1v) is 6.11. The fourth-order valence-electron chi connectivity index (χ4n) is 2.00. The van der Waals surface area contributed by atoms with Crippen LogP contribution in [0.2, 0.25) is 0 Å². The minimum Gasteiger partial charge on any atom is -0.383 e. The molecule has 0 amide bonds. The molecule has 2 rings (SSSR count). The van der Waals surface area contributed by atoms with Crippen LogP contribution in [0.25, 0.3) is 11.3 Å². The lowest BCUT2D eigenvalue weighted by Crippen LogP contribution is -2.06. The molecule has 2 aromatic rings. The first-order valence-electron chi connectivity index (χ1n) is 6.11. The third kappa shape index (κ3) is 2.23. The molecule has 0 aliphatic rings. The molecule has 3 heteroatoms. The van der Waals surface area contributed by atoms with Crippen molar-refractivity contribution in [1.82, 2.24) is 9.55 Å². The lowest BCUT2D eigenvalue weighted by molar-refractivity contribution is 0.733. The molecule has 18 heavy (non-hydrogen) atoms. The van der Waals surface area contributed by atoms with E-state index in [1.54, 1.807) is 0 Å². The minimum atomic E-state index is 0.473. The molecule has 0 bridgehead atoms. The number of aryl methyl sites for hydroxylation is 1. The quantitative estimate of drug-likeness (QED) is 0.834. The van der Waals surface area contributed by atoms with E-state index in [2.05, 4.69) is 17.8 Å². The normalized spacial score (nSPS) is 10.2. The van der Waals surface area contributed by atoms with Crippen LogP contribution in [0.5, 0.6) is 0 Å². The zero-order valence-corrected chi connectivity index (χ0v) is 10.6. The number of imidazole rings is 1. The second-order valence-corrected chi connectivity index (χ2v) is 4.17. The number of rotatable bonds is 4. The van der Waals surface area contributed by atoms with Crippen LogP contribution in [-0.4, -0.2) is 9.55 Å². The Balaban J connectivity index is 2.50. The number of nitrogen functional groups attached to an aromatic ring is 1. The van der Waals surface area contributed by atoms with Gasteiger partial charge < -0.3 is 10.3 Å². The van der Waals surface area contributed by atoms with Crippen molar-refractivity contribution in [3.05, 3.63) is 36.2 Å². The van der Waals surface area contributed by atoms with Gasteiger partial charge in [-0.05, 0) is 6.42 Å². The number of aromatic nitrogens is 2. The summed E-state index contributed by atoms with van der Waals surface area (Å²) in [5.74, 6) is 4.25. The molecule has 0 saturated heterocycles. The summed E-state index contributed by atoms with van der Waals surface area (Å²) in [5, 5.41) is 0. The molecule has 92 valence electrons. The van der Waals surface area contributed by atoms with Gasteiger partial charge in [-0.3, -0.25) is 0 Å². The van der Waals surface area contributed by atoms with Gasteiger partial charge in [0.25, 0.3) is 0 Å². The lowest BCUT2D eigenvalue weighted by atomic mass is 10.1. The summed E-state index contributed by atoms with van der Waals surface area (Å²) < 4.78 is 1.92. The summed E-state index contributed by atoms with van der Waals surface area (Å²) >= 11 is 0. The maximum Gasteiger partial charge on any atom is 0.132 e. The topological polar surface area (TPSA) is 43.8 Å². The molecule has 1 aromatic heterocycles. The van der Waals surface area contributed by atoms with Crippen molar-refractivity contribution >= 4 is 5.82 Å². The maximum absolute atomic E-state index is 6.16. The summed E-state index contributed by atoms with van der Waals surface area (Å²) in [6, 6.07) is 9.96. The van der Waals surface area contributed by atoms with Crippen LogP contribution in [0.3, 0.4) is 0 Å². The van der Waals surface area contributed by atoms with Crippen molar-refractivity contribution in [3.63, 3.8) is 0 Å². The van der Waals surface area contributed by atoms with E-state index in [0.717, 1.165) is 29.9 Å². The zero-order chi connectivity index (χ0) is 13.0. The van der Waals surface area contributed by atoms with Gasteiger partial charge in [-0.1, -0.05) is 43.2 Å². The monoisotopic (exact) mass is 239 g/mol. The van der Waals surface area contributed by atoms with Crippen molar-refractivity contribution in [1.29, 1.82) is 0 Å². The Morgan fingerprint density at radius 2 is 2.06 bits per heavy atom. The zero-order valence-electron chi connectivity index (χ0n) is 10.6. The van der Waals surface area contributed by atoms with E-state index >= 15 is 0 Å². The highest BCUT2D eigenvalue weighted by molar-refractivity contribution is 5.71. The van der Waals surface area contributed by atoms with Crippen LogP contribution in [0.1, 0.15) is 19.2 Å². The molecule has 1 heterocycles. The number of nitrogens with zero attached hydrogens (tertiary/aromatic N) is 2. The van der Waals surface area contributed by atoms with Crippen molar-refractivity contribution in [3.8, 4) is 23.6 Å². The average molecular weight is 239 g/mol. The molecule has 0 atom stereocenters. The molecule has 0 fully saturated rings. The molecule has 0 aliphatic carbocycles. The first kappa shape index (κ1) is 12.3. The standard InChI is InChI=1S/C15H17N3/c1-3-8-13-17-14(12-9-6-5-7-10-12)15(16)18(13)11-4-2/h2,5-7,9-10H,3,8,11,16H2,1H3. The fraction of sp³-hybridized carbons (Fsp3) is 0.267. The van der Waals surface area contributed by atoms with E-state index in [4.69, 9.17) is 12.2 Å². The minimum absolute atomic E-state index is 0.473. The fourth-order valence-corrected chi connectivity index (χ4v) is 2.00. The molecule has 2 N–H and O–H groups in total. The Labute approximate surface area is 108 Å². The first-order chi connectivity index (χ1) is 8.77. The molecule has 0 unspecified atom stereocenters. The second kappa shape index (κ2) is 5.42. The van der Waals surface area contributed by atoms with Gasteiger partial charge in [-0.15, -0.1) is 6.42 Å². The van der Waals surface area contributed by atoms with E-state index in [1.807, 2.05) is 34.9 Å². The van der Waals surface area contributed by atoms with E-state index in [0.29, 0.717) is 12.4 Å². The van der Waals surface area contributed by atoms with Crippen LogP contribution < -0.4 is 5.73 Å². The predicted octanol–water partition coefficient (Wildman–Crippen LogP) is 2.72. The van der Waals surface area contributed by atoms with Gasteiger partial charge in [0, 0.05) is 12.0 Å². The van der Waals surface area contributed by atoms with E-state index < -0.39 is 0 Å². The number of hydrogen-bond acceptors (Lipinski definition) is 2. The molecular weight excluding hydrogens is 222 g/mol. The largest absolute Gasteiger partial charge is 0.383 e. The van der Waals surface area contributed by atoms with Crippen molar-refractivity contribution < 1.29 is 0 Å². The van der Waals surface area contributed by atoms with Gasteiger partial charge in [0.15, 0.2) is 0 Å². The van der Waals surface area contributed by atoms with Crippen LogP contribution >= 0.6 is 0 Å². The average Bonchev–Trinajstić information content (AvgIpc) is 2.70. The third-order valence-electron chi connectivity index (χ3n) is 2.86. The van der Waals surface area contributed by atoms with E-state index in [9.17, 15) is 0 Å². The van der Waals surface area contributed by atoms with Gasteiger partial charge in [-0.2, -0.15) is 0 Å². The molecular formula is C15H17N3. The van der Waals surface area contributed by atoms with Crippen molar-refractivity contribution in [2.45, 2.75) is 26.3 Å². The highest BCUT2D eigenvalue weighted by Gasteiger charge is 2.14. The summed E-state index contributed by atoms with van der Waals surface area (Å²) in [4.78, 5) is 4.63. The van der Waals surface area contributed by atoms with E-state index in [-0.39, 0.29) is 0 Å². The highest BCUT2D eigenvalue weighted by atomic mass is 15.1. The van der Waals surface area contributed by atoms with Crippen LogP contribution in [0.15, 0.2) is 30.3 Å². The van der Waals surface area contributed by atoms with Gasteiger partial charge in [0.1, 0.15) is 17.3 Å². The summed E-state index contributed by atoms with van der Waals surface area (Å²) in [7, 11) is 0. The van der Waals surface area contributed by atoms with Crippen LogP contribution in [0.4, 0.5) is 5.82 Å². The van der Waals surface area contributed by atoms with Crippen LogP contribution in [0, 0.1) is 12.3 Å². The Kier molecular flexibility index (Phi) is 3.69. The predicted molar refractivity (Wildman–Crippen MR) is 74.9 cm³/mol. The Morgan fingerprint density at radius 1 is 1.33 bits per heavy atom. The Hall–Kier alpha value is -2.21. The lowest BCUT2D eigenvalue weighted by Gasteiger charge is -2.04. The number of hydrogen-bond donors (Lipinski definition) is 1. The highest BCUT2D eigenvalue weighted by Crippen LogP contribution is 2.26. The SMILES string of the molecule is C#CCn1c(CCC)nc(-c2ccccc2)c1N. The van der Waals surface area contributed by atoms with Crippen molar-refractivity contribution in [2.75, 3.05) is 5.73 Å². The second-order valence-electron chi connectivity index (χ2n) is 4.17. The smallest absolute Gasteiger partial charge is 0.132 e.